The van der Waals surface area contributed by atoms with E-state index in [-0.39, 0.29) is 0 Å². The van der Waals surface area contributed by atoms with Crippen molar-refractivity contribution in [3.63, 3.8) is 0 Å². The number of rotatable bonds is 3. The fourth-order valence-corrected chi connectivity index (χ4v) is 4.11. The Kier molecular flexibility index (Phi) is 2.98. The maximum Gasteiger partial charge on any atom is 0.104 e. The minimum atomic E-state index is -0.547. The summed E-state index contributed by atoms with van der Waals surface area (Å²) in [6.45, 7) is 0. The average molecular weight is 253 g/mol. The van der Waals surface area contributed by atoms with Gasteiger partial charge in [-0.05, 0) is 17.7 Å². The van der Waals surface area contributed by atoms with Crippen LogP contribution in [0.2, 0.25) is 0 Å². The summed E-state index contributed by atoms with van der Waals surface area (Å²) in [7, 11) is 1.16. The Morgan fingerprint density at radius 2 is 1.83 bits per heavy atom. The quantitative estimate of drug-likeness (QED) is 0.655. The van der Waals surface area contributed by atoms with E-state index in [0.717, 1.165) is 11.6 Å². The second kappa shape index (κ2) is 4.78. The molecule has 0 radical (unpaired) electrons. The molecule has 18 heavy (non-hydrogen) atoms. The molecule has 0 fully saturated rings. The van der Waals surface area contributed by atoms with Gasteiger partial charge in [-0.2, -0.15) is 4.73 Å². The van der Waals surface area contributed by atoms with Crippen LogP contribution in [0.3, 0.4) is 0 Å². The van der Waals surface area contributed by atoms with Gasteiger partial charge in [0.1, 0.15) is 7.11 Å². The van der Waals surface area contributed by atoms with Crippen molar-refractivity contribution < 1.29 is 4.84 Å². The van der Waals surface area contributed by atoms with Gasteiger partial charge in [0.25, 0.3) is 0 Å². The van der Waals surface area contributed by atoms with Gasteiger partial charge in [0.2, 0.25) is 0 Å². The molecule has 0 aliphatic heterocycles. The molecule has 0 aliphatic carbocycles. The number of benzene rings is 1. The SMILES string of the molecule is COn1cc(C[si]2ccccc2)c2ccccc21. The molecular formula is C15H15NOSi. The third kappa shape index (κ3) is 1.97. The van der Waals surface area contributed by atoms with Crippen LogP contribution in [0.4, 0.5) is 0 Å². The largest absolute Gasteiger partial charge is 0.417 e. The van der Waals surface area contributed by atoms with Gasteiger partial charge >= 0.3 is 0 Å². The molecule has 3 aromatic rings. The van der Waals surface area contributed by atoms with Crippen LogP contribution in [0.25, 0.3) is 10.9 Å². The van der Waals surface area contributed by atoms with Crippen molar-refractivity contribution in [2.45, 2.75) is 6.04 Å². The summed E-state index contributed by atoms with van der Waals surface area (Å²) in [4.78, 5) is 5.38. The predicted octanol–water partition coefficient (Wildman–Crippen LogP) is 2.77. The van der Waals surface area contributed by atoms with E-state index < -0.39 is 8.40 Å². The van der Waals surface area contributed by atoms with Gasteiger partial charge in [-0.15, -0.1) is 0 Å². The van der Waals surface area contributed by atoms with E-state index in [1.165, 1.54) is 10.9 Å². The monoisotopic (exact) mass is 253 g/mol. The van der Waals surface area contributed by atoms with Crippen molar-refractivity contribution in [1.29, 1.82) is 0 Å². The Bertz CT molecular complexity index is 661. The maximum atomic E-state index is 5.38. The van der Waals surface area contributed by atoms with E-state index >= 15 is 0 Å². The van der Waals surface area contributed by atoms with Gasteiger partial charge in [-0.3, -0.25) is 0 Å². The van der Waals surface area contributed by atoms with E-state index in [1.807, 2.05) is 10.8 Å². The van der Waals surface area contributed by atoms with Crippen LogP contribution in [-0.4, -0.2) is 20.2 Å². The van der Waals surface area contributed by atoms with Crippen molar-refractivity contribution in [3.8, 4) is 0 Å². The van der Waals surface area contributed by atoms with Gasteiger partial charge < -0.3 is 4.84 Å². The smallest absolute Gasteiger partial charge is 0.104 e. The molecule has 0 saturated carbocycles. The lowest BCUT2D eigenvalue weighted by Crippen LogP contribution is -2.03. The van der Waals surface area contributed by atoms with Crippen molar-refractivity contribution in [1.82, 2.24) is 4.73 Å². The second-order valence-corrected chi connectivity index (χ2v) is 6.51. The molecule has 1 aromatic carbocycles. The summed E-state index contributed by atoms with van der Waals surface area (Å²) in [5.41, 5.74) is 7.19. The Morgan fingerprint density at radius 3 is 2.61 bits per heavy atom. The first-order chi connectivity index (χ1) is 8.88. The Morgan fingerprint density at radius 1 is 1.06 bits per heavy atom. The Labute approximate surface area is 108 Å². The highest BCUT2D eigenvalue weighted by atomic mass is 28.2. The first-order valence-electron chi connectivity index (χ1n) is 6.06. The van der Waals surface area contributed by atoms with Crippen molar-refractivity contribution in [2.24, 2.45) is 0 Å². The van der Waals surface area contributed by atoms with E-state index in [1.54, 1.807) is 7.11 Å². The summed E-state index contributed by atoms with van der Waals surface area (Å²) in [5.74, 6) is 0. The molecule has 90 valence electrons. The average Bonchev–Trinajstić information content (AvgIpc) is 2.78. The highest BCUT2D eigenvalue weighted by Crippen LogP contribution is 2.20. The fraction of sp³-hybridized carbons (Fsp3) is 0.133. The third-order valence-corrected chi connectivity index (χ3v) is 5.22. The molecule has 0 amide bonds. The van der Waals surface area contributed by atoms with Crippen LogP contribution in [-0.2, 0) is 6.04 Å². The van der Waals surface area contributed by atoms with Crippen LogP contribution in [0.5, 0.6) is 0 Å². The molecule has 0 aliphatic rings. The van der Waals surface area contributed by atoms with Crippen LogP contribution < -0.4 is 4.84 Å². The molecular weight excluding hydrogens is 238 g/mol. The molecule has 0 atom stereocenters. The Hall–Kier alpha value is -1.87. The lowest BCUT2D eigenvalue weighted by atomic mass is 10.2. The molecule has 3 rings (SSSR count). The van der Waals surface area contributed by atoms with E-state index in [2.05, 4.69) is 53.9 Å². The molecule has 0 saturated heterocycles. The van der Waals surface area contributed by atoms with Gasteiger partial charge in [0.05, 0.1) is 5.52 Å². The van der Waals surface area contributed by atoms with Gasteiger partial charge in [0, 0.05) is 20.0 Å². The predicted molar refractivity (Wildman–Crippen MR) is 75.9 cm³/mol. The maximum absolute atomic E-state index is 5.38. The first-order valence-corrected chi connectivity index (χ1v) is 7.92. The zero-order valence-corrected chi connectivity index (χ0v) is 11.3. The number of hydrogen-bond donors (Lipinski definition) is 0. The van der Waals surface area contributed by atoms with E-state index in [0.29, 0.717) is 0 Å². The van der Waals surface area contributed by atoms with Gasteiger partial charge in [-0.1, -0.05) is 47.8 Å². The highest BCUT2D eigenvalue weighted by molar-refractivity contribution is 6.50. The van der Waals surface area contributed by atoms with Crippen molar-refractivity contribution in [3.05, 3.63) is 65.6 Å². The number of nitrogens with zero attached hydrogens (tertiary/aromatic N) is 1. The van der Waals surface area contributed by atoms with Crippen molar-refractivity contribution >= 4 is 19.3 Å². The zero-order chi connectivity index (χ0) is 12.4. The summed E-state index contributed by atoms with van der Waals surface area (Å²) < 4.78 is 1.86. The molecule has 2 nitrogen and oxygen atoms in total. The van der Waals surface area contributed by atoms with Crippen LogP contribution in [0, 0.1) is 0 Å². The topological polar surface area (TPSA) is 14.2 Å². The van der Waals surface area contributed by atoms with E-state index in [9.17, 15) is 0 Å². The van der Waals surface area contributed by atoms with Gasteiger partial charge in [-0.25, -0.2) is 0 Å². The first kappa shape index (κ1) is 11.2. The van der Waals surface area contributed by atoms with E-state index in [4.69, 9.17) is 4.84 Å². The molecule has 2 heterocycles. The minimum Gasteiger partial charge on any atom is -0.417 e. The molecule has 0 N–H and O–H groups in total. The minimum absolute atomic E-state index is 0.547. The lowest BCUT2D eigenvalue weighted by Gasteiger charge is -2.00. The van der Waals surface area contributed by atoms with Crippen LogP contribution in [0.1, 0.15) is 5.56 Å². The van der Waals surface area contributed by atoms with Crippen LogP contribution >= 0.6 is 0 Å². The number of aromatic nitrogens is 1. The summed E-state index contributed by atoms with van der Waals surface area (Å²) in [5, 5.41) is 1.30. The number of hydrogen-bond acceptors (Lipinski definition) is 1. The molecule has 0 spiro atoms. The lowest BCUT2D eigenvalue weighted by molar-refractivity contribution is 0.179. The summed E-state index contributed by atoms with van der Waals surface area (Å²) >= 11 is 0. The molecule has 2 aromatic heterocycles. The molecule has 0 unspecified atom stereocenters. The van der Waals surface area contributed by atoms with Gasteiger partial charge in [0.15, 0.2) is 0 Å². The summed E-state index contributed by atoms with van der Waals surface area (Å²) in [6.07, 6.45) is 2.11. The third-order valence-electron chi connectivity index (χ3n) is 3.19. The molecule has 3 heteroatoms. The van der Waals surface area contributed by atoms with Crippen LogP contribution in [0.15, 0.2) is 60.0 Å². The van der Waals surface area contributed by atoms with Crippen molar-refractivity contribution in [2.75, 3.05) is 7.11 Å². The standard InChI is InChI=1S/C15H15NOSi/c1-17-16-11-13(12-18-9-5-2-6-10-18)14-7-3-4-8-15(14)16/h2-11H,12H2,1H3. The normalized spacial score (nSPS) is 10.7. The summed E-state index contributed by atoms with van der Waals surface area (Å²) in [6, 6.07) is 15.9. The molecule has 0 bridgehead atoms. The fourth-order valence-electron chi connectivity index (χ4n) is 2.33. The second-order valence-electron chi connectivity index (χ2n) is 4.34. The highest BCUT2D eigenvalue weighted by Gasteiger charge is 2.08. The Balaban J connectivity index is 2.07. The zero-order valence-electron chi connectivity index (χ0n) is 10.3. The number of para-hydroxylation sites is 1. The number of fused-ring (bicyclic) bond motifs is 1.